The van der Waals surface area contributed by atoms with Gasteiger partial charge in [0.05, 0.1) is 18.9 Å². The SMILES string of the molecule is COc1ccc(COn2cc(/C=C3\C(=O)N4C(C(=O)O)=CS[C@H]34)nn2)cc1. The number of carboxylic acid groups (broad SMARTS) is 1. The maximum absolute atomic E-state index is 12.2. The summed E-state index contributed by atoms with van der Waals surface area (Å²) in [6, 6.07) is 7.43. The summed E-state index contributed by atoms with van der Waals surface area (Å²) in [5.74, 6) is -0.694. The lowest BCUT2D eigenvalue weighted by Crippen LogP contribution is -2.51. The van der Waals surface area contributed by atoms with Gasteiger partial charge in [0.1, 0.15) is 29.1 Å². The Morgan fingerprint density at radius 2 is 2.15 bits per heavy atom. The summed E-state index contributed by atoms with van der Waals surface area (Å²) in [6.45, 7) is 0.292. The molecule has 0 spiro atoms. The fourth-order valence-electron chi connectivity index (χ4n) is 2.68. The van der Waals surface area contributed by atoms with E-state index in [0.29, 0.717) is 17.9 Å². The van der Waals surface area contributed by atoms with Crippen LogP contribution in [0.2, 0.25) is 0 Å². The van der Waals surface area contributed by atoms with E-state index < -0.39 is 5.97 Å². The molecule has 2 aliphatic heterocycles. The fourth-order valence-corrected chi connectivity index (χ4v) is 3.80. The van der Waals surface area contributed by atoms with E-state index in [9.17, 15) is 9.59 Å². The summed E-state index contributed by atoms with van der Waals surface area (Å²) in [7, 11) is 1.60. The maximum Gasteiger partial charge on any atom is 0.353 e. The molecule has 0 aliphatic carbocycles. The number of carboxylic acids is 1. The number of aromatic nitrogens is 3. The van der Waals surface area contributed by atoms with Gasteiger partial charge in [0.2, 0.25) is 0 Å². The van der Waals surface area contributed by atoms with Crippen LogP contribution in [0.25, 0.3) is 6.08 Å². The van der Waals surface area contributed by atoms with Crippen molar-refractivity contribution in [3.63, 3.8) is 0 Å². The Labute approximate surface area is 157 Å². The quantitative estimate of drug-likeness (QED) is 0.582. The molecule has 1 saturated heterocycles. The fraction of sp³-hybridized carbons (Fsp3) is 0.176. The molecular formula is C17H14N4O5S. The molecule has 1 fully saturated rings. The van der Waals surface area contributed by atoms with Gasteiger partial charge < -0.3 is 14.7 Å². The predicted octanol–water partition coefficient (Wildman–Crippen LogP) is 1.14. The zero-order chi connectivity index (χ0) is 19.0. The van der Waals surface area contributed by atoms with E-state index in [4.69, 9.17) is 14.7 Å². The highest BCUT2D eigenvalue weighted by molar-refractivity contribution is 8.03. The molecule has 1 aromatic heterocycles. The van der Waals surface area contributed by atoms with Crippen molar-refractivity contribution in [3.05, 3.63) is 58.4 Å². The van der Waals surface area contributed by atoms with Crippen molar-refractivity contribution in [1.29, 1.82) is 0 Å². The summed E-state index contributed by atoms with van der Waals surface area (Å²) < 4.78 is 5.10. The number of hydrogen-bond acceptors (Lipinski definition) is 7. The van der Waals surface area contributed by atoms with Gasteiger partial charge >= 0.3 is 5.97 Å². The Morgan fingerprint density at radius 1 is 1.37 bits per heavy atom. The minimum absolute atomic E-state index is 0.00127. The largest absolute Gasteiger partial charge is 0.497 e. The van der Waals surface area contributed by atoms with Crippen LogP contribution in [-0.4, -0.2) is 49.5 Å². The molecule has 0 radical (unpaired) electrons. The average molecular weight is 386 g/mol. The minimum Gasteiger partial charge on any atom is -0.497 e. The predicted molar refractivity (Wildman–Crippen MR) is 95.2 cm³/mol. The first-order valence-corrected chi connectivity index (χ1v) is 8.84. The number of fused-ring (bicyclic) bond motifs is 1. The van der Waals surface area contributed by atoms with E-state index in [-0.39, 0.29) is 17.0 Å². The molecule has 4 rings (SSSR count). The number of β-lactam (4-membered cyclic amide) rings is 1. The molecule has 1 amide bonds. The number of rotatable bonds is 6. The Hall–Kier alpha value is -3.27. The third-order valence-electron chi connectivity index (χ3n) is 4.07. The first-order valence-electron chi connectivity index (χ1n) is 7.89. The lowest BCUT2D eigenvalue weighted by Gasteiger charge is -2.36. The van der Waals surface area contributed by atoms with Crippen LogP contribution in [0.3, 0.4) is 0 Å². The number of hydrogen-bond donors (Lipinski definition) is 1. The molecule has 0 bridgehead atoms. The number of thioether (sulfide) groups is 1. The average Bonchev–Trinajstić information content (AvgIpc) is 3.29. The zero-order valence-electron chi connectivity index (χ0n) is 14.1. The summed E-state index contributed by atoms with van der Waals surface area (Å²) >= 11 is 1.27. The Bertz CT molecular complexity index is 966. The number of carbonyl (C=O) groups is 2. The summed E-state index contributed by atoms with van der Waals surface area (Å²) in [4.78, 5) is 31.3. The van der Waals surface area contributed by atoms with Crippen molar-refractivity contribution in [2.75, 3.05) is 7.11 Å². The third kappa shape index (κ3) is 3.14. The second-order valence-electron chi connectivity index (χ2n) is 5.74. The van der Waals surface area contributed by atoms with Crippen LogP contribution >= 0.6 is 11.8 Å². The second-order valence-corrected chi connectivity index (χ2v) is 6.69. The van der Waals surface area contributed by atoms with Gasteiger partial charge in [0, 0.05) is 5.41 Å². The highest BCUT2D eigenvalue weighted by atomic mass is 32.2. The normalized spacial score (nSPS) is 19.5. The van der Waals surface area contributed by atoms with E-state index >= 15 is 0 Å². The molecule has 1 aromatic carbocycles. The number of ether oxygens (including phenoxy) is 1. The summed E-state index contributed by atoms with van der Waals surface area (Å²) in [6.07, 6.45) is 3.15. The molecule has 0 saturated carbocycles. The molecule has 2 aliphatic rings. The number of benzene rings is 1. The van der Waals surface area contributed by atoms with Crippen LogP contribution in [0, 0.1) is 0 Å². The third-order valence-corrected chi connectivity index (χ3v) is 5.15. The Morgan fingerprint density at radius 3 is 2.85 bits per heavy atom. The van der Waals surface area contributed by atoms with E-state index in [2.05, 4.69) is 10.3 Å². The van der Waals surface area contributed by atoms with E-state index in [1.54, 1.807) is 19.4 Å². The Balaban J connectivity index is 1.39. The molecule has 2 aromatic rings. The topological polar surface area (TPSA) is 107 Å². The van der Waals surface area contributed by atoms with Crippen LogP contribution in [0.15, 0.2) is 47.1 Å². The van der Waals surface area contributed by atoms with Crippen LogP contribution < -0.4 is 9.57 Å². The molecule has 1 atom stereocenters. The van der Waals surface area contributed by atoms with Gasteiger partial charge in [-0.1, -0.05) is 17.0 Å². The standard InChI is InChI=1S/C17H14N4O5S/c1-25-12-4-2-10(3-5-12)8-26-20-7-11(18-19-20)6-13-15(22)21-14(17(23)24)9-27-16(13)21/h2-7,9,16H,8H2,1H3,(H,23,24)/b13-6+/t16-/m1/s1. The number of aliphatic carboxylic acids is 1. The summed E-state index contributed by atoms with van der Waals surface area (Å²) in [5, 5.41) is 18.0. The molecule has 0 unspecified atom stereocenters. The zero-order valence-corrected chi connectivity index (χ0v) is 14.9. The first kappa shape index (κ1) is 17.2. The van der Waals surface area contributed by atoms with Gasteiger partial charge in [-0.2, -0.15) is 0 Å². The maximum atomic E-state index is 12.2. The van der Waals surface area contributed by atoms with Crippen molar-refractivity contribution < 1.29 is 24.3 Å². The minimum atomic E-state index is -1.12. The number of amides is 1. The molecule has 27 heavy (non-hydrogen) atoms. The van der Waals surface area contributed by atoms with Gasteiger partial charge in [-0.05, 0) is 29.0 Å². The van der Waals surface area contributed by atoms with Crippen LogP contribution in [0.4, 0.5) is 0 Å². The van der Waals surface area contributed by atoms with Crippen molar-refractivity contribution in [3.8, 4) is 5.75 Å². The van der Waals surface area contributed by atoms with Crippen LogP contribution in [0.1, 0.15) is 11.3 Å². The van der Waals surface area contributed by atoms with Crippen LogP contribution in [0.5, 0.6) is 5.75 Å². The van der Waals surface area contributed by atoms with Crippen LogP contribution in [-0.2, 0) is 16.2 Å². The highest BCUT2D eigenvalue weighted by Crippen LogP contribution is 2.44. The smallest absolute Gasteiger partial charge is 0.353 e. The number of methoxy groups -OCH3 is 1. The van der Waals surface area contributed by atoms with Crippen molar-refractivity contribution in [2.45, 2.75) is 12.0 Å². The van der Waals surface area contributed by atoms with Gasteiger partial charge in [-0.3, -0.25) is 9.69 Å². The summed E-state index contributed by atoms with van der Waals surface area (Å²) in [5.41, 5.74) is 1.87. The van der Waals surface area contributed by atoms with E-state index in [0.717, 1.165) is 11.3 Å². The van der Waals surface area contributed by atoms with Crippen molar-refractivity contribution in [1.82, 2.24) is 20.1 Å². The highest BCUT2D eigenvalue weighted by Gasteiger charge is 2.49. The van der Waals surface area contributed by atoms with E-state index in [1.165, 1.54) is 26.9 Å². The number of nitrogens with zero attached hydrogens (tertiary/aromatic N) is 4. The van der Waals surface area contributed by atoms with Crippen molar-refractivity contribution >= 4 is 29.7 Å². The lowest BCUT2D eigenvalue weighted by atomic mass is 10.0. The Kier molecular flexibility index (Phi) is 4.32. The monoisotopic (exact) mass is 386 g/mol. The molecule has 1 N–H and O–H groups in total. The first-order chi connectivity index (χ1) is 13.1. The van der Waals surface area contributed by atoms with Gasteiger partial charge in [0.15, 0.2) is 0 Å². The van der Waals surface area contributed by atoms with E-state index in [1.807, 2.05) is 24.3 Å². The molecule has 10 heteroatoms. The van der Waals surface area contributed by atoms with Gasteiger partial charge in [0.25, 0.3) is 5.91 Å². The molecule has 3 heterocycles. The molecule has 9 nitrogen and oxygen atoms in total. The molecular weight excluding hydrogens is 372 g/mol. The van der Waals surface area contributed by atoms with Gasteiger partial charge in [-0.15, -0.1) is 16.9 Å². The van der Waals surface area contributed by atoms with Gasteiger partial charge in [-0.25, -0.2) is 4.79 Å². The molecule has 138 valence electrons. The second kappa shape index (κ2) is 6.80. The number of carbonyl (C=O) groups excluding carboxylic acids is 1. The lowest BCUT2D eigenvalue weighted by molar-refractivity contribution is -0.141. The van der Waals surface area contributed by atoms with Crippen molar-refractivity contribution in [2.24, 2.45) is 0 Å².